The molecule has 0 bridgehead atoms. The van der Waals surface area contributed by atoms with Gasteiger partial charge in [-0.1, -0.05) is 23.2 Å². The summed E-state index contributed by atoms with van der Waals surface area (Å²) in [5.74, 6) is -0.517. The maximum absolute atomic E-state index is 11.5. The molecule has 15 heavy (non-hydrogen) atoms. The lowest BCUT2D eigenvalue weighted by Crippen LogP contribution is -2.41. The van der Waals surface area contributed by atoms with Crippen molar-refractivity contribution in [1.29, 1.82) is 0 Å². The molecule has 1 N–H and O–H groups in total. The van der Waals surface area contributed by atoms with Crippen LogP contribution in [-0.2, 0) is 9.53 Å². The average molecular weight is 248 g/mol. The van der Waals surface area contributed by atoms with Gasteiger partial charge in [0.05, 0.1) is 12.1 Å². The van der Waals surface area contributed by atoms with Crippen LogP contribution in [0.1, 0.15) is 0 Å². The van der Waals surface area contributed by atoms with E-state index >= 15 is 0 Å². The van der Waals surface area contributed by atoms with Gasteiger partial charge in [-0.2, -0.15) is 0 Å². The highest BCUT2D eigenvalue weighted by molar-refractivity contribution is 6.36. The van der Waals surface area contributed by atoms with E-state index in [2.05, 4.69) is 15.2 Å². The van der Waals surface area contributed by atoms with Crippen molar-refractivity contribution in [3.63, 3.8) is 0 Å². The number of esters is 1. The zero-order chi connectivity index (χ0) is 11.0. The molecule has 2 heterocycles. The zero-order valence-electron chi connectivity index (χ0n) is 7.70. The third-order valence-corrected chi connectivity index (χ3v) is 2.66. The van der Waals surface area contributed by atoms with E-state index in [0.29, 0.717) is 5.16 Å². The van der Waals surface area contributed by atoms with Crippen LogP contribution in [0.5, 0.6) is 0 Å². The molecular weight excluding hydrogens is 241 g/mol. The molecule has 0 aromatic heterocycles. The van der Waals surface area contributed by atoms with E-state index in [1.54, 1.807) is 0 Å². The number of carbonyl (C=O) groups excluding carboxylic acids is 1. The van der Waals surface area contributed by atoms with Crippen molar-refractivity contribution in [2.24, 2.45) is 4.99 Å². The van der Waals surface area contributed by atoms with Gasteiger partial charge >= 0.3 is 5.97 Å². The highest BCUT2D eigenvalue weighted by Gasteiger charge is 2.36. The van der Waals surface area contributed by atoms with Crippen molar-refractivity contribution in [3.05, 3.63) is 21.8 Å². The highest BCUT2D eigenvalue weighted by atomic mass is 35.5. The van der Waals surface area contributed by atoms with Crippen LogP contribution in [0.3, 0.4) is 0 Å². The molecule has 1 atom stereocenters. The Kier molecular flexibility index (Phi) is 2.58. The van der Waals surface area contributed by atoms with Crippen LogP contribution in [-0.4, -0.2) is 30.6 Å². The minimum absolute atomic E-state index is 0.244. The largest absolute Gasteiger partial charge is 0.466 e. The van der Waals surface area contributed by atoms with E-state index in [4.69, 9.17) is 23.2 Å². The number of aliphatic imine (C=N–C) groups is 1. The summed E-state index contributed by atoms with van der Waals surface area (Å²) >= 11 is 11.8. The number of hydrogen-bond acceptors (Lipinski definition) is 5. The van der Waals surface area contributed by atoms with Crippen molar-refractivity contribution in [2.45, 2.75) is 6.17 Å². The number of carbonyl (C=O) groups is 1. The molecule has 0 amide bonds. The number of hydrazine groups is 1. The number of fused-ring (bicyclic) bond motifs is 1. The molecule has 0 radical (unpaired) electrons. The van der Waals surface area contributed by atoms with Gasteiger partial charge in [0.15, 0.2) is 6.17 Å². The van der Waals surface area contributed by atoms with Crippen molar-refractivity contribution < 1.29 is 9.53 Å². The van der Waals surface area contributed by atoms with Crippen LogP contribution >= 0.6 is 23.2 Å². The molecule has 0 saturated carbocycles. The second-order valence-electron chi connectivity index (χ2n) is 2.87. The molecular formula is C8H7Cl2N3O2. The van der Waals surface area contributed by atoms with Crippen molar-refractivity contribution >= 4 is 35.5 Å². The molecule has 2 aliphatic heterocycles. The Balaban J connectivity index is 2.44. The first-order valence-corrected chi connectivity index (χ1v) is 4.83. The Hall–Kier alpha value is -1.20. The molecule has 1 unspecified atom stereocenters. The van der Waals surface area contributed by atoms with E-state index in [1.165, 1.54) is 24.5 Å². The highest BCUT2D eigenvalue weighted by Crippen LogP contribution is 2.31. The third kappa shape index (κ3) is 1.57. The molecule has 0 spiro atoms. The fraction of sp³-hybridized carbons (Fsp3) is 0.250. The quantitative estimate of drug-likeness (QED) is 0.553. The van der Waals surface area contributed by atoms with E-state index in [-0.39, 0.29) is 10.6 Å². The van der Waals surface area contributed by atoms with Gasteiger partial charge in [0, 0.05) is 0 Å². The lowest BCUT2D eigenvalue weighted by Gasteiger charge is -2.28. The van der Waals surface area contributed by atoms with Gasteiger partial charge in [0.2, 0.25) is 0 Å². The van der Waals surface area contributed by atoms with Crippen molar-refractivity contribution in [3.8, 4) is 0 Å². The molecule has 0 fully saturated rings. The average Bonchev–Trinajstić information content (AvgIpc) is 2.66. The summed E-state index contributed by atoms with van der Waals surface area (Å²) in [4.78, 5) is 15.5. The number of nitrogens with one attached hydrogen (secondary N) is 1. The van der Waals surface area contributed by atoms with E-state index in [0.717, 1.165) is 0 Å². The Morgan fingerprint density at radius 2 is 2.40 bits per heavy atom. The molecule has 0 aromatic carbocycles. The van der Waals surface area contributed by atoms with Gasteiger partial charge in [0.1, 0.15) is 17.1 Å². The maximum Gasteiger partial charge on any atom is 0.339 e. The number of halogens is 2. The lowest BCUT2D eigenvalue weighted by molar-refractivity contribution is -0.136. The molecule has 0 saturated heterocycles. The normalized spacial score (nSPS) is 23.5. The molecule has 2 rings (SSSR count). The van der Waals surface area contributed by atoms with Crippen LogP contribution in [0.15, 0.2) is 26.8 Å². The monoisotopic (exact) mass is 247 g/mol. The SMILES string of the molecule is COC(=O)C1=C(Cl)C=C(Cl)N2NC=NC12. The number of hydrogen-bond donors (Lipinski definition) is 1. The summed E-state index contributed by atoms with van der Waals surface area (Å²) in [5.41, 5.74) is 3.05. The van der Waals surface area contributed by atoms with Gasteiger partial charge in [-0.3, -0.25) is 5.43 Å². The first kappa shape index (κ1) is 10.3. The number of nitrogens with zero attached hydrogens (tertiary/aromatic N) is 2. The summed E-state index contributed by atoms with van der Waals surface area (Å²) in [5, 5.41) is 2.13. The standard InChI is InChI=1S/C8H7Cl2N3O2/c1-15-8(14)6-4(9)2-5(10)13-7(6)11-3-12-13/h2-3,7H,1H3,(H,11,12). The van der Waals surface area contributed by atoms with Crippen LogP contribution < -0.4 is 5.43 Å². The van der Waals surface area contributed by atoms with E-state index in [9.17, 15) is 4.79 Å². The first-order valence-electron chi connectivity index (χ1n) is 4.07. The molecule has 0 aliphatic carbocycles. The number of rotatable bonds is 1. The molecule has 7 heteroatoms. The Labute approximate surface area is 96.0 Å². The van der Waals surface area contributed by atoms with Gasteiger partial charge in [0.25, 0.3) is 0 Å². The second-order valence-corrected chi connectivity index (χ2v) is 3.67. The summed E-state index contributed by atoms with van der Waals surface area (Å²) in [6, 6.07) is 0. The summed E-state index contributed by atoms with van der Waals surface area (Å²) < 4.78 is 4.62. The van der Waals surface area contributed by atoms with Crippen LogP contribution in [0, 0.1) is 0 Å². The fourth-order valence-electron chi connectivity index (χ4n) is 1.37. The Morgan fingerprint density at radius 3 is 3.07 bits per heavy atom. The summed E-state index contributed by atoms with van der Waals surface area (Å²) in [6.45, 7) is 0. The van der Waals surface area contributed by atoms with Gasteiger partial charge in [-0.25, -0.2) is 14.8 Å². The number of ether oxygens (including phenoxy) is 1. The minimum atomic E-state index is -0.553. The van der Waals surface area contributed by atoms with Crippen LogP contribution in [0.25, 0.3) is 0 Å². The third-order valence-electron chi connectivity index (χ3n) is 2.05. The number of allylic oxidation sites excluding steroid dienone is 2. The summed E-state index contributed by atoms with van der Waals surface area (Å²) in [7, 11) is 1.29. The molecule has 5 nitrogen and oxygen atoms in total. The predicted molar refractivity (Wildman–Crippen MR) is 56.1 cm³/mol. The Morgan fingerprint density at radius 1 is 1.67 bits per heavy atom. The smallest absolute Gasteiger partial charge is 0.339 e. The summed E-state index contributed by atoms with van der Waals surface area (Å²) in [6.07, 6.45) is 2.36. The van der Waals surface area contributed by atoms with Crippen LogP contribution in [0.4, 0.5) is 0 Å². The number of methoxy groups -OCH3 is 1. The zero-order valence-corrected chi connectivity index (χ0v) is 9.21. The van der Waals surface area contributed by atoms with Gasteiger partial charge in [-0.15, -0.1) is 0 Å². The first-order chi connectivity index (χ1) is 7.15. The minimum Gasteiger partial charge on any atom is -0.466 e. The van der Waals surface area contributed by atoms with Gasteiger partial charge in [-0.05, 0) is 6.08 Å². The van der Waals surface area contributed by atoms with E-state index < -0.39 is 12.1 Å². The van der Waals surface area contributed by atoms with Crippen LogP contribution in [0.2, 0.25) is 0 Å². The van der Waals surface area contributed by atoms with Crippen molar-refractivity contribution in [2.75, 3.05) is 7.11 Å². The molecule has 2 aliphatic rings. The van der Waals surface area contributed by atoms with E-state index in [1.807, 2.05) is 0 Å². The molecule has 0 aromatic rings. The molecule has 80 valence electrons. The maximum atomic E-state index is 11.5. The predicted octanol–water partition coefficient (Wildman–Crippen LogP) is 0.921. The topological polar surface area (TPSA) is 53.9 Å². The fourth-order valence-corrected chi connectivity index (χ4v) is 1.96. The second kappa shape index (κ2) is 3.75. The Bertz CT molecular complexity index is 403. The van der Waals surface area contributed by atoms with Crippen molar-refractivity contribution in [1.82, 2.24) is 10.4 Å². The van der Waals surface area contributed by atoms with Gasteiger partial charge < -0.3 is 4.74 Å². The lowest BCUT2D eigenvalue weighted by atomic mass is 10.1.